The summed E-state index contributed by atoms with van der Waals surface area (Å²) in [4.78, 5) is 12.5. The van der Waals surface area contributed by atoms with E-state index in [1.165, 1.54) is 36.4 Å². The molecule has 3 aliphatic carbocycles. The van der Waals surface area contributed by atoms with E-state index in [1.54, 1.807) is 6.07 Å². The minimum atomic E-state index is -4.34. The fourth-order valence-electron chi connectivity index (χ4n) is 4.72. The standard InChI is InChI=1S/C22H22F4N2O/c1-14(19(29)28-18-7-5-17(23)6-8-18)20-11-21(12-20,13-20)27-10-15-3-2-4-16(9-15)22(24,25)26/h2-9,14,27H,10-13H2,1H3,(H,28,29). The molecule has 2 aromatic rings. The molecule has 0 aromatic heterocycles. The van der Waals surface area contributed by atoms with E-state index in [0.717, 1.165) is 25.3 Å². The molecule has 2 aromatic carbocycles. The van der Waals surface area contributed by atoms with E-state index in [2.05, 4.69) is 10.6 Å². The summed E-state index contributed by atoms with van der Waals surface area (Å²) in [5, 5.41) is 6.22. The average Bonchev–Trinajstić information content (AvgIpc) is 2.60. The van der Waals surface area contributed by atoms with Crippen LogP contribution in [-0.4, -0.2) is 11.4 Å². The van der Waals surface area contributed by atoms with E-state index >= 15 is 0 Å². The fourth-order valence-corrected chi connectivity index (χ4v) is 4.72. The SMILES string of the molecule is CC(C(=O)Nc1ccc(F)cc1)C12CC(NCc3cccc(C(F)(F)F)c3)(C1)C2. The molecule has 5 rings (SSSR count). The lowest BCUT2D eigenvalue weighted by Gasteiger charge is -2.73. The second-order valence-corrected chi connectivity index (χ2v) is 8.44. The van der Waals surface area contributed by atoms with Gasteiger partial charge in [0.25, 0.3) is 0 Å². The maximum atomic E-state index is 13.0. The van der Waals surface area contributed by atoms with Gasteiger partial charge in [-0.2, -0.15) is 13.2 Å². The first-order valence-corrected chi connectivity index (χ1v) is 9.59. The summed E-state index contributed by atoms with van der Waals surface area (Å²) < 4.78 is 51.5. The molecule has 3 nitrogen and oxygen atoms in total. The van der Waals surface area contributed by atoms with Crippen molar-refractivity contribution >= 4 is 11.6 Å². The predicted molar refractivity (Wildman–Crippen MR) is 101 cm³/mol. The van der Waals surface area contributed by atoms with Gasteiger partial charge in [-0.3, -0.25) is 4.79 Å². The highest BCUT2D eigenvalue weighted by atomic mass is 19.4. The van der Waals surface area contributed by atoms with Crippen LogP contribution in [0.5, 0.6) is 0 Å². The molecule has 3 fully saturated rings. The van der Waals surface area contributed by atoms with Crippen LogP contribution in [0.4, 0.5) is 23.2 Å². The van der Waals surface area contributed by atoms with Gasteiger partial charge < -0.3 is 10.6 Å². The van der Waals surface area contributed by atoms with Gasteiger partial charge >= 0.3 is 6.18 Å². The lowest BCUT2D eigenvalue weighted by molar-refractivity contribution is -0.190. The van der Waals surface area contributed by atoms with Crippen LogP contribution in [0, 0.1) is 17.2 Å². The van der Waals surface area contributed by atoms with Crippen LogP contribution in [0.3, 0.4) is 0 Å². The van der Waals surface area contributed by atoms with Gasteiger partial charge in [0.2, 0.25) is 5.91 Å². The quantitative estimate of drug-likeness (QED) is 0.653. The summed E-state index contributed by atoms with van der Waals surface area (Å²) in [5.74, 6) is -0.642. The van der Waals surface area contributed by atoms with Crippen LogP contribution >= 0.6 is 0 Å². The number of amides is 1. The number of halogens is 4. The molecule has 3 saturated carbocycles. The van der Waals surface area contributed by atoms with Crippen LogP contribution < -0.4 is 10.6 Å². The summed E-state index contributed by atoms with van der Waals surface area (Å²) in [6, 6.07) is 11.0. The van der Waals surface area contributed by atoms with E-state index in [-0.39, 0.29) is 28.6 Å². The van der Waals surface area contributed by atoms with Gasteiger partial charge in [-0.25, -0.2) is 4.39 Å². The third-order valence-electron chi connectivity index (χ3n) is 6.42. The summed E-state index contributed by atoms with van der Waals surface area (Å²) in [6.45, 7) is 2.27. The second kappa shape index (κ2) is 6.83. The third kappa shape index (κ3) is 3.75. The summed E-state index contributed by atoms with van der Waals surface area (Å²) in [5.41, 5.74) is 0.369. The highest BCUT2D eigenvalue weighted by molar-refractivity contribution is 5.93. The van der Waals surface area contributed by atoms with Gasteiger partial charge in [0.05, 0.1) is 5.56 Å². The Bertz CT molecular complexity index is 903. The maximum Gasteiger partial charge on any atom is 0.416 e. The van der Waals surface area contributed by atoms with Crippen LogP contribution in [0.1, 0.15) is 37.3 Å². The van der Waals surface area contributed by atoms with Crippen molar-refractivity contribution in [3.8, 4) is 0 Å². The minimum Gasteiger partial charge on any atom is -0.326 e. The molecule has 2 N–H and O–H groups in total. The van der Waals surface area contributed by atoms with E-state index in [1.807, 2.05) is 6.92 Å². The van der Waals surface area contributed by atoms with Gasteiger partial charge in [0.15, 0.2) is 0 Å². The molecular weight excluding hydrogens is 384 g/mol. The Morgan fingerprint density at radius 3 is 2.38 bits per heavy atom. The normalized spacial score (nSPS) is 26.2. The molecule has 7 heteroatoms. The maximum absolute atomic E-state index is 13.0. The molecule has 0 aliphatic heterocycles. The van der Waals surface area contributed by atoms with Crippen molar-refractivity contribution in [3.63, 3.8) is 0 Å². The Hall–Kier alpha value is -2.41. The zero-order chi connectivity index (χ0) is 20.9. The van der Waals surface area contributed by atoms with Crippen molar-refractivity contribution in [1.29, 1.82) is 0 Å². The number of carbonyl (C=O) groups is 1. The first kappa shape index (κ1) is 19.9. The molecule has 29 heavy (non-hydrogen) atoms. The average molecular weight is 406 g/mol. The number of rotatable bonds is 6. The lowest BCUT2D eigenvalue weighted by atomic mass is 9.36. The predicted octanol–water partition coefficient (Wildman–Crippen LogP) is 5.13. The van der Waals surface area contributed by atoms with Crippen LogP contribution in [0.2, 0.25) is 0 Å². The zero-order valence-corrected chi connectivity index (χ0v) is 15.9. The molecule has 3 aliphatic rings. The van der Waals surface area contributed by atoms with Crippen molar-refractivity contribution in [2.75, 3.05) is 5.32 Å². The first-order valence-electron chi connectivity index (χ1n) is 9.59. The third-order valence-corrected chi connectivity index (χ3v) is 6.42. The number of nitrogens with one attached hydrogen (secondary N) is 2. The Morgan fingerprint density at radius 1 is 1.10 bits per heavy atom. The monoisotopic (exact) mass is 406 g/mol. The smallest absolute Gasteiger partial charge is 0.326 e. The molecule has 1 unspecified atom stereocenters. The fraction of sp³-hybridized carbons (Fsp3) is 0.409. The molecule has 2 bridgehead atoms. The summed E-state index contributed by atoms with van der Waals surface area (Å²) >= 11 is 0. The zero-order valence-electron chi connectivity index (χ0n) is 15.9. The molecule has 154 valence electrons. The largest absolute Gasteiger partial charge is 0.416 e. The van der Waals surface area contributed by atoms with E-state index < -0.39 is 11.7 Å². The molecule has 1 amide bonds. The highest BCUT2D eigenvalue weighted by Crippen LogP contribution is 2.70. The number of hydrogen-bond acceptors (Lipinski definition) is 2. The minimum absolute atomic E-state index is 0.0646. The van der Waals surface area contributed by atoms with Crippen molar-refractivity contribution in [1.82, 2.24) is 5.32 Å². The van der Waals surface area contributed by atoms with Crippen molar-refractivity contribution in [2.24, 2.45) is 11.3 Å². The topological polar surface area (TPSA) is 41.1 Å². The van der Waals surface area contributed by atoms with Gasteiger partial charge in [-0.1, -0.05) is 25.1 Å². The lowest BCUT2D eigenvalue weighted by Crippen LogP contribution is -2.76. The molecule has 0 spiro atoms. The van der Waals surface area contributed by atoms with Gasteiger partial charge in [0.1, 0.15) is 5.82 Å². The molecule has 0 radical (unpaired) electrons. The second-order valence-electron chi connectivity index (χ2n) is 8.44. The molecule has 0 saturated heterocycles. The van der Waals surface area contributed by atoms with Crippen molar-refractivity contribution in [2.45, 2.75) is 44.4 Å². The molecule has 0 heterocycles. The first-order chi connectivity index (χ1) is 13.6. The number of carbonyl (C=O) groups excluding carboxylic acids is 1. The number of anilines is 1. The van der Waals surface area contributed by atoms with Crippen molar-refractivity contribution < 1.29 is 22.4 Å². The van der Waals surface area contributed by atoms with Crippen LogP contribution in [0.25, 0.3) is 0 Å². The van der Waals surface area contributed by atoms with Crippen LogP contribution in [0.15, 0.2) is 48.5 Å². The van der Waals surface area contributed by atoms with Gasteiger partial charge in [-0.15, -0.1) is 0 Å². The van der Waals surface area contributed by atoms with Crippen molar-refractivity contribution in [3.05, 3.63) is 65.5 Å². The van der Waals surface area contributed by atoms with E-state index in [9.17, 15) is 22.4 Å². The Labute approximate surface area is 166 Å². The molecule has 1 atom stereocenters. The van der Waals surface area contributed by atoms with Crippen LogP contribution in [-0.2, 0) is 17.5 Å². The molecular formula is C22H22F4N2O. The Kier molecular flexibility index (Phi) is 4.69. The summed E-state index contributed by atoms with van der Waals surface area (Å²) in [7, 11) is 0. The number of alkyl halides is 3. The Balaban J connectivity index is 1.30. The number of hydrogen-bond donors (Lipinski definition) is 2. The summed E-state index contributed by atoms with van der Waals surface area (Å²) in [6.07, 6.45) is -1.85. The van der Waals surface area contributed by atoms with E-state index in [0.29, 0.717) is 17.8 Å². The van der Waals surface area contributed by atoms with Gasteiger partial charge in [0, 0.05) is 23.7 Å². The van der Waals surface area contributed by atoms with E-state index in [4.69, 9.17) is 0 Å². The van der Waals surface area contributed by atoms with Gasteiger partial charge in [-0.05, 0) is 60.6 Å². The highest BCUT2D eigenvalue weighted by Gasteiger charge is 2.70. The number of benzene rings is 2. The Morgan fingerprint density at radius 2 is 1.76 bits per heavy atom.